The van der Waals surface area contributed by atoms with E-state index in [1.807, 2.05) is 33.8 Å². The summed E-state index contributed by atoms with van der Waals surface area (Å²) in [4.78, 5) is 16.3. The minimum atomic E-state index is -0.697. The number of carbonyl (C=O) groups is 1. The largest absolute Gasteiger partial charge is 0.533 e. The van der Waals surface area contributed by atoms with Gasteiger partial charge in [0, 0.05) is 6.20 Å². The first-order chi connectivity index (χ1) is 10.5. The molecule has 0 bridgehead atoms. The Kier molecular flexibility index (Phi) is 12.0. The summed E-state index contributed by atoms with van der Waals surface area (Å²) in [7, 11) is 0. The highest BCUT2D eigenvalue weighted by Crippen LogP contribution is 2.16. The predicted molar refractivity (Wildman–Crippen MR) is 91.1 cm³/mol. The van der Waals surface area contributed by atoms with Crippen LogP contribution in [0, 0.1) is 11.8 Å². The van der Waals surface area contributed by atoms with Gasteiger partial charge in [0.25, 0.3) is 0 Å². The number of hydroxylamine groups is 1. The Balaban J connectivity index is 3.83. The van der Waals surface area contributed by atoms with Crippen LogP contribution in [0.2, 0.25) is 0 Å². The lowest BCUT2D eigenvalue weighted by Gasteiger charge is -2.23. The molecule has 4 nitrogen and oxygen atoms in total. The molecule has 0 aliphatic heterocycles. The van der Waals surface area contributed by atoms with Crippen LogP contribution in [0.3, 0.4) is 0 Å². The summed E-state index contributed by atoms with van der Waals surface area (Å²) in [6.07, 6.45) is 13.9. The Morgan fingerprint density at radius 3 is 2.05 bits per heavy atom. The molecule has 0 aliphatic rings. The van der Waals surface area contributed by atoms with Crippen LogP contribution >= 0.6 is 0 Å². The van der Waals surface area contributed by atoms with E-state index in [0.717, 1.165) is 19.3 Å². The standard InChI is InChI=1S/C18H31NO3/c1-6-7-8-9-10-11-12-13-14-19-22-18(20)21-17(15(2)3)16(4)5/h7-8,10-11,13-17,19H,6,9,12H2,1-5H3/b8-7-,11-10-,14-13-. The molecule has 0 amide bonds. The summed E-state index contributed by atoms with van der Waals surface area (Å²) < 4.78 is 5.28. The fourth-order valence-corrected chi connectivity index (χ4v) is 1.99. The molecule has 0 saturated carbocycles. The molecule has 0 aromatic heterocycles. The van der Waals surface area contributed by atoms with E-state index in [2.05, 4.69) is 36.7 Å². The van der Waals surface area contributed by atoms with Crippen LogP contribution in [0.4, 0.5) is 4.79 Å². The number of carbonyl (C=O) groups excluding carboxylic acids is 1. The van der Waals surface area contributed by atoms with Crippen molar-refractivity contribution in [3.05, 3.63) is 36.6 Å². The normalized spacial score (nSPS) is 12.4. The number of nitrogens with one attached hydrogen (secondary N) is 1. The molecule has 22 heavy (non-hydrogen) atoms. The minimum Gasteiger partial charge on any atom is -0.429 e. The molecule has 0 heterocycles. The molecule has 0 spiro atoms. The van der Waals surface area contributed by atoms with Gasteiger partial charge in [0.05, 0.1) is 0 Å². The fraction of sp³-hybridized carbons (Fsp3) is 0.611. The van der Waals surface area contributed by atoms with E-state index in [1.54, 1.807) is 6.20 Å². The molecule has 0 unspecified atom stereocenters. The average molecular weight is 309 g/mol. The zero-order valence-corrected chi connectivity index (χ0v) is 14.5. The van der Waals surface area contributed by atoms with Gasteiger partial charge in [0.1, 0.15) is 6.10 Å². The van der Waals surface area contributed by atoms with Gasteiger partial charge in [-0.15, -0.1) is 0 Å². The van der Waals surface area contributed by atoms with Crippen LogP contribution in [0.15, 0.2) is 36.6 Å². The highest BCUT2D eigenvalue weighted by atomic mass is 16.8. The molecule has 0 rings (SSSR count). The summed E-state index contributed by atoms with van der Waals surface area (Å²) in [5.41, 5.74) is 2.48. The molecule has 4 heteroatoms. The molecule has 1 N–H and O–H groups in total. The van der Waals surface area contributed by atoms with Gasteiger partial charge in [-0.1, -0.05) is 65.0 Å². The highest BCUT2D eigenvalue weighted by molar-refractivity contribution is 5.59. The molecule has 0 aromatic rings. The van der Waals surface area contributed by atoms with Crippen molar-refractivity contribution in [3.63, 3.8) is 0 Å². The summed E-state index contributed by atoms with van der Waals surface area (Å²) in [6.45, 7) is 10.2. The van der Waals surface area contributed by atoms with Crippen molar-refractivity contribution < 1.29 is 14.4 Å². The van der Waals surface area contributed by atoms with Gasteiger partial charge in [-0.2, -0.15) is 0 Å². The Morgan fingerprint density at radius 1 is 0.955 bits per heavy atom. The lowest BCUT2D eigenvalue weighted by molar-refractivity contribution is -0.0255. The van der Waals surface area contributed by atoms with Crippen LogP contribution < -0.4 is 5.48 Å². The van der Waals surface area contributed by atoms with Gasteiger partial charge in [0.15, 0.2) is 0 Å². The molecule has 0 aliphatic carbocycles. The molecule has 0 atom stereocenters. The Labute approximate surface area is 135 Å². The summed E-state index contributed by atoms with van der Waals surface area (Å²) in [5, 5.41) is 0. The first kappa shape index (κ1) is 20.3. The monoisotopic (exact) mass is 309 g/mol. The van der Waals surface area contributed by atoms with Gasteiger partial charge in [-0.25, -0.2) is 10.3 Å². The highest BCUT2D eigenvalue weighted by Gasteiger charge is 2.22. The second-order valence-corrected chi connectivity index (χ2v) is 5.77. The van der Waals surface area contributed by atoms with Gasteiger partial charge in [0.2, 0.25) is 0 Å². The van der Waals surface area contributed by atoms with Gasteiger partial charge < -0.3 is 9.57 Å². The summed E-state index contributed by atoms with van der Waals surface area (Å²) in [5.74, 6) is 0.518. The first-order valence-electron chi connectivity index (χ1n) is 8.07. The minimum absolute atomic E-state index is 0.141. The van der Waals surface area contributed by atoms with E-state index in [-0.39, 0.29) is 17.9 Å². The van der Waals surface area contributed by atoms with E-state index in [4.69, 9.17) is 9.57 Å². The second kappa shape index (κ2) is 13.0. The molecule has 0 saturated heterocycles. The third kappa shape index (κ3) is 11.0. The Hall–Kier alpha value is -1.71. The summed E-state index contributed by atoms with van der Waals surface area (Å²) in [6, 6.07) is 0. The Bertz CT molecular complexity index is 363. The maximum absolute atomic E-state index is 11.5. The van der Waals surface area contributed by atoms with Crippen LogP contribution in [-0.4, -0.2) is 12.3 Å². The van der Waals surface area contributed by atoms with Gasteiger partial charge >= 0.3 is 6.16 Å². The third-order valence-electron chi connectivity index (χ3n) is 2.99. The van der Waals surface area contributed by atoms with Crippen molar-refractivity contribution in [2.24, 2.45) is 11.8 Å². The van der Waals surface area contributed by atoms with Crippen LogP contribution in [0.25, 0.3) is 0 Å². The van der Waals surface area contributed by atoms with Crippen molar-refractivity contribution in [1.82, 2.24) is 5.48 Å². The van der Waals surface area contributed by atoms with E-state index in [1.165, 1.54) is 0 Å². The van der Waals surface area contributed by atoms with E-state index < -0.39 is 6.16 Å². The fourth-order valence-electron chi connectivity index (χ4n) is 1.99. The van der Waals surface area contributed by atoms with Crippen LogP contribution in [0.5, 0.6) is 0 Å². The topological polar surface area (TPSA) is 47.6 Å². The molecule has 0 aromatic carbocycles. The molecule has 0 fully saturated rings. The van der Waals surface area contributed by atoms with Crippen molar-refractivity contribution in [2.45, 2.75) is 60.0 Å². The number of rotatable bonds is 10. The van der Waals surface area contributed by atoms with Crippen molar-refractivity contribution in [3.8, 4) is 0 Å². The zero-order valence-electron chi connectivity index (χ0n) is 14.5. The summed E-state index contributed by atoms with van der Waals surface area (Å²) >= 11 is 0. The van der Waals surface area contributed by atoms with E-state index >= 15 is 0 Å². The predicted octanol–water partition coefficient (Wildman–Crippen LogP) is 5.14. The van der Waals surface area contributed by atoms with Crippen LogP contribution in [-0.2, 0) is 9.57 Å². The number of allylic oxidation sites excluding steroid dienone is 5. The maximum Gasteiger partial charge on any atom is 0.533 e. The van der Waals surface area contributed by atoms with Crippen molar-refractivity contribution >= 4 is 6.16 Å². The third-order valence-corrected chi connectivity index (χ3v) is 2.99. The smallest absolute Gasteiger partial charge is 0.429 e. The first-order valence-corrected chi connectivity index (χ1v) is 8.07. The van der Waals surface area contributed by atoms with Crippen molar-refractivity contribution in [2.75, 3.05) is 0 Å². The zero-order chi connectivity index (χ0) is 16.8. The second-order valence-electron chi connectivity index (χ2n) is 5.77. The average Bonchev–Trinajstić information content (AvgIpc) is 2.46. The number of hydrogen-bond donors (Lipinski definition) is 1. The lowest BCUT2D eigenvalue weighted by atomic mass is 9.96. The van der Waals surface area contributed by atoms with Gasteiger partial charge in [-0.05, 0) is 31.1 Å². The van der Waals surface area contributed by atoms with E-state index in [0.29, 0.717) is 0 Å². The number of ether oxygens (including phenoxy) is 1. The maximum atomic E-state index is 11.5. The van der Waals surface area contributed by atoms with E-state index in [9.17, 15) is 4.79 Å². The Morgan fingerprint density at radius 2 is 1.50 bits per heavy atom. The molecular weight excluding hydrogens is 278 g/mol. The quantitative estimate of drug-likeness (QED) is 0.345. The molecule has 126 valence electrons. The van der Waals surface area contributed by atoms with Crippen LogP contribution in [0.1, 0.15) is 53.9 Å². The molecular formula is C18H31NO3. The molecule has 0 radical (unpaired) electrons. The van der Waals surface area contributed by atoms with Crippen molar-refractivity contribution in [1.29, 1.82) is 0 Å². The SMILES string of the molecule is CC/C=C\C/C=C\C/C=C\NOC(=O)OC(C(C)C)C(C)C. The van der Waals surface area contributed by atoms with Gasteiger partial charge in [-0.3, -0.25) is 0 Å². The number of hydrogen-bond acceptors (Lipinski definition) is 4. The lowest BCUT2D eigenvalue weighted by Crippen LogP contribution is -2.30.